The van der Waals surface area contributed by atoms with Crippen molar-refractivity contribution in [2.45, 2.75) is 39.2 Å². The van der Waals surface area contributed by atoms with E-state index < -0.39 is 0 Å². The van der Waals surface area contributed by atoms with Crippen LogP contribution in [0.4, 0.5) is 0 Å². The third-order valence-corrected chi connectivity index (χ3v) is 4.54. The van der Waals surface area contributed by atoms with Crippen molar-refractivity contribution < 1.29 is 0 Å². The van der Waals surface area contributed by atoms with E-state index in [1.54, 1.807) is 0 Å². The van der Waals surface area contributed by atoms with E-state index in [-0.39, 0.29) is 6.04 Å². The lowest BCUT2D eigenvalue weighted by Crippen LogP contribution is -2.25. The van der Waals surface area contributed by atoms with Gasteiger partial charge in [-0.05, 0) is 35.3 Å². The summed E-state index contributed by atoms with van der Waals surface area (Å²) in [7, 11) is 4.01. The summed E-state index contributed by atoms with van der Waals surface area (Å²) < 4.78 is 5.10. The SMILES string of the molecule is CCCNC(Cc1c(Br)c(CC)nn1C)c1cn(C)cn1. The lowest BCUT2D eigenvalue weighted by molar-refractivity contribution is 0.502. The molecule has 0 bridgehead atoms. The molecule has 0 fully saturated rings. The Morgan fingerprint density at radius 3 is 2.62 bits per heavy atom. The minimum atomic E-state index is 0.211. The summed E-state index contributed by atoms with van der Waals surface area (Å²) in [6, 6.07) is 0.211. The Morgan fingerprint density at radius 1 is 1.33 bits per heavy atom. The highest BCUT2D eigenvalue weighted by atomic mass is 79.9. The van der Waals surface area contributed by atoms with Gasteiger partial charge in [0.2, 0.25) is 0 Å². The molecule has 0 aliphatic rings. The highest BCUT2D eigenvalue weighted by Gasteiger charge is 2.20. The average molecular weight is 354 g/mol. The monoisotopic (exact) mass is 353 g/mol. The highest BCUT2D eigenvalue weighted by Crippen LogP contribution is 2.26. The van der Waals surface area contributed by atoms with Crippen LogP contribution < -0.4 is 5.32 Å². The first kappa shape index (κ1) is 16.2. The molecule has 0 aliphatic carbocycles. The van der Waals surface area contributed by atoms with Gasteiger partial charge in [0.05, 0.1) is 33.9 Å². The third kappa shape index (κ3) is 3.74. The van der Waals surface area contributed by atoms with E-state index in [1.807, 2.05) is 29.7 Å². The van der Waals surface area contributed by atoms with Gasteiger partial charge in [-0.1, -0.05) is 13.8 Å². The van der Waals surface area contributed by atoms with Crippen LogP contribution in [0, 0.1) is 0 Å². The second kappa shape index (κ2) is 7.22. The van der Waals surface area contributed by atoms with Gasteiger partial charge in [0.25, 0.3) is 0 Å². The van der Waals surface area contributed by atoms with Gasteiger partial charge in [0, 0.05) is 26.7 Å². The summed E-state index contributed by atoms with van der Waals surface area (Å²) in [4.78, 5) is 4.51. The van der Waals surface area contributed by atoms with E-state index in [0.717, 1.165) is 41.7 Å². The fraction of sp³-hybridized carbons (Fsp3) is 0.600. The molecule has 116 valence electrons. The van der Waals surface area contributed by atoms with Gasteiger partial charge in [-0.2, -0.15) is 5.10 Å². The van der Waals surface area contributed by atoms with Crippen molar-refractivity contribution in [1.82, 2.24) is 24.6 Å². The fourth-order valence-electron chi connectivity index (χ4n) is 2.45. The Labute approximate surface area is 134 Å². The first-order valence-electron chi connectivity index (χ1n) is 7.48. The van der Waals surface area contributed by atoms with Gasteiger partial charge in [-0.3, -0.25) is 4.68 Å². The lowest BCUT2D eigenvalue weighted by Gasteiger charge is -2.17. The molecule has 0 radical (unpaired) electrons. The number of halogens is 1. The Hall–Kier alpha value is -1.14. The molecule has 0 saturated carbocycles. The molecular weight excluding hydrogens is 330 g/mol. The first-order valence-corrected chi connectivity index (χ1v) is 8.27. The molecule has 1 atom stereocenters. The smallest absolute Gasteiger partial charge is 0.0947 e. The third-order valence-electron chi connectivity index (χ3n) is 3.62. The van der Waals surface area contributed by atoms with Crippen molar-refractivity contribution in [3.63, 3.8) is 0 Å². The molecule has 6 heteroatoms. The Bertz CT molecular complexity index is 587. The van der Waals surface area contributed by atoms with Crippen LogP contribution in [-0.2, 0) is 26.9 Å². The summed E-state index contributed by atoms with van der Waals surface area (Å²) in [5.74, 6) is 0. The molecule has 0 amide bonds. The zero-order valence-electron chi connectivity index (χ0n) is 13.2. The van der Waals surface area contributed by atoms with Gasteiger partial charge < -0.3 is 9.88 Å². The highest BCUT2D eigenvalue weighted by molar-refractivity contribution is 9.10. The number of aromatic nitrogens is 4. The Morgan fingerprint density at radius 2 is 2.10 bits per heavy atom. The zero-order chi connectivity index (χ0) is 15.4. The summed E-state index contributed by atoms with van der Waals surface area (Å²) in [6.45, 7) is 5.29. The van der Waals surface area contributed by atoms with E-state index in [2.05, 4.69) is 51.4 Å². The maximum absolute atomic E-state index is 4.58. The van der Waals surface area contributed by atoms with Gasteiger partial charge in [-0.15, -0.1) is 0 Å². The molecular formula is C15H24BrN5. The quantitative estimate of drug-likeness (QED) is 0.832. The number of hydrogen-bond donors (Lipinski definition) is 1. The average Bonchev–Trinajstić information content (AvgIpc) is 3.00. The van der Waals surface area contributed by atoms with Crippen molar-refractivity contribution >= 4 is 15.9 Å². The van der Waals surface area contributed by atoms with Crippen molar-refractivity contribution in [2.24, 2.45) is 14.1 Å². The molecule has 0 spiro atoms. The molecule has 0 saturated heterocycles. The lowest BCUT2D eigenvalue weighted by atomic mass is 10.1. The number of aryl methyl sites for hydroxylation is 3. The Balaban J connectivity index is 2.24. The minimum Gasteiger partial charge on any atom is -0.340 e. The van der Waals surface area contributed by atoms with Crippen LogP contribution in [-0.4, -0.2) is 25.9 Å². The molecule has 2 heterocycles. The number of hydrogen-bond acceptors (Lipinski definition) is 3. The van der Waals surface area contributed by atoms with Crippen molar-refractivity contribution in [3.8, 4) is 0 Å². The zero-order valence-corrected chi connectivity index (χ0v) is 14.8. The molecule has 21 heavy (non-hydrogen) atoms. The largest absolute Gasteiger partial charge is 0.340 e. The van der Waals surface area contributed by atoms with Crippen LogP contribution in [0.5, 0.6) is 0 Å². The van der Waals surface area contributed by atoms with Gasteiger partial charge in [-0.25, -0.2) is 4.98 Å². The normalized spacial score (nSPS) is 12.8. The second-order valence-electron chi connectivity index (χ2n) is 5.36. The number of imidazole rings is 1. The topological polar surface area (TPSA) is 47.7 Å². The van der Waals surface area contributed by atoms with Crippen LogP contribution in [0.2, 0.25) is 0 Å². The standard InChI is InChI=1S/C15H24BrN5/c1-5-7-17-12(13-9-20(3)10-18-13)8-14-15(16)11(6-2)19-21(14)4/h9-10,12,17H,5-8H2,1-4H3. The maximum atomic E-state index is 4.58. The van der Waals surface area contributed by atoms with Crippen molar-refractivity contribution in [1.29, 1.82) is 0 Å². The molecule has 0 aromatic carbocycles. The molecule has 2 rings (SSSR count). The van der Waals surface area contributed by atoms with Crippen LogP contribution >= 0.6 is 15.9 Å². The van der Waals surface area contributed by atoms with E-state index in [0.29, 0.717) is 0 Å². The fourth-order valence-corrected chi connectivity index (χ4v) is 3.23. The van der Waals surface area contributed by atoms with Gasteiger partial charge >= 0.3 is 0 Å². The summed E-state index contributed by atoms with van der Waals surface area (Å²) in [5.41, 5.74) is 3.41. The number of nitrogens with zero attached hydrogens (tertiary/aromatic N) is 4. The molecule has 2 aromatic heterocycles. The van der Waals surface area contributed by atoms with E-state index >= 15 is 0 Å². The predicted molar refractivity (Wildman–Crippen MR) is 88.2 cm³/mol. The summed E-state index contributed by atoms with van der Waals surface area (Å²) in [5, 5.41) is 8.17. The van der Waals surface area contributed by atoms with Crippen molar-refractivity contribution in [3.05, 3.63) is 34.1 Å². The molecule has 5 nitrogen and oxygen atoms in total. The van der Waals surface area contributed by atoms with E-state index in [4.69, 9.17) is 0 Å². The van der Waals surface area contributed by atoms with Crippen LogP contribution in [0.25, 0.3) is 0 Å². The molecule has 0 aliphatic heterocycles. The molecule has 1 unspecified atom stereocenters. The van der Waals surface area contributed by atoms with Gasteiger partial charge in [0.1, 0.15) is 0 Å². The van der Waals surface area contributed by atoms with Crippen LogP contribution in [0.15, 0.2) is 17.0 Å². The van der Waals surface area contributed by atoms with E-state index in [1.165, 1.54) is 5.69 Å². The minimum absolute atomic E-state index is 0.211. The predicted octanol–water partition coefficient (Wildman–Crippen LogP) is 2.76. The number of rotatable bonds is 7. The first-order chi connectivity index (χ1) is 10.1. The molecule has 2 aromatic rings. The number of nitrogens with one attached hydrogen (secondary N) is 1. The summed E-state index contributed by atoms with van der Waals surface area (Å²) >= 11 is 3.70. The summed E-state index contributed by atoms with van der Waals surface area (Å²) in [6.07, 6.45) is 6.85. The van der Waals surface area contributed by atoms with E-state index in [9.17, 15) is 0 Å². The maximum Gasteiger partial charge on any atom is 0.0947 e. The van der Waals surface area contributed by atoms with Crippen LogP contribution in [0.1, 0.15) is 43.4 Å². The second-order valence-corrected chi connectivity index (χ2v) is 6.15. The Kier molecular flexibility index (Phi) is 5.58. The van der Waals surface area contributed by atoms with Gasteiger partial charge in [0.15, 0.2) is 0 Å². The molecule has 1 N–H and O–H groups in total. The van der Waals surface area contributed by atoms with Crippen LogP contribution in [0.3, 0.4) is 0 Å². The van der Waals surface area contributed by atoms with Crippen molar-refractivity contribution in [2.75, 3.05) is 6.54 Å².